The molecular formula is C35H46N2O6. The van der Waals surface area contributed by atoms with Crippen molar-refractivity contribution < 1.29 is 18.3 Å². The Labute approximate surface area is 254 Å². The lowest BCUT2D eigenvalue weighted by Crippen LogP contribution is -2.27. The van der Waals surface area contributed by atoms with Crippen LogP contribution in [0.25, 0.3) is 21.9 Å². The van der Waals surface area contributed by atoms with Gasteiger partial charge >= 0.3 is 11.3 Å². The zero-order valence-corrected chi connectivity index (χ0v) is 26.6. The van der Waals surface area contributed by atoms with Crippen molar-refractivity contribution in [3.05, 3.63) is 79.5 Å². The number of fused-ring (bicyclic) bond motifs is 2. The molecule has 0 unspecified atom stereocenters. The summed E-state index contributed by atoms with van der Waals surface area (Å²) in [7, 11) is 0. The van der Waals surface area contributed by atoms with E-state index < -0.39 is 0 Å². The summed E-state index contributed by atoms with van der Waals surface area (Å²) >= 11 is 0. The summed E-state index contributed by atoms with van der Waals surface area (Å²) < 4.78 is 23.2. The maximum Gasteiger partial charge on any atom is 0.339 e. The van der Waals surface area contributed by atoms with Gasteiger partial charge in [-0.2, -0.15) is 0 Å². The van der Waals surface area contributed by atoms with Crippen LogP contribution in [0.15, 0.2) is 54.8 Å². The van der Waals surface area contributed by atoms with E-state index in [4.69, 9.17) is 18.3 Å². The lowest BCUT2D eigenvalue weighted by molar-refractivity contribution is 0.247. The van der Waals surface area contributed by atoms with Gasteiger partial charge in [0.25, 0.3) is 0 Å². The third kappa shape index (κ3) is 7.86. The molecule has 0 saturated carbocycles. The fourth-order valence-electron chi connectivity index (χ4n) is 5.57. The quantitative estimate of drug-likeness (QED) is 0.114. The van der Waals surface area contributed by atoms with Crippen molar-refractivity contribution in [1.29, 1.82) is 0 Å². The number of rotatable bonds is 16. The van der Waals surface area contributed by atoms with E-state index in [9.17, 15) is 9.59 Å². The van der Waals surface area contributed by atoms with E-state index in [0.717, 1.165) is 72.3 Å². The van der Waals surface area contributed by atoms with E-state index in [0.29, 0.717) is 55.1 Å². The van der Waals surface area contributed by atoms with Gasteiger partial charge in [-0.15, -0.1) is 0 Å². The molecule has 0 aliphatic carbocycles. The average Bonchev–Trinajstić information content (AvgIpc) is 3.00. The molecule has 0 bridgehead atoms. The molecule has 4 aromatic rings. The first-order valence-corrected chi connectivity index (χ1v) is 15.6. The Balaban J connectivity index is 1.32. The second-order valence-electron chi connectivity index (χ2n) is 10.9. The Morgan fingerprint density at radius 1 is 0.628 bits per heavy atom. The van der Waals surface area contributed by atoms with Crippen LogP contribution in [-0.2, 0) is 12.8 Å². The first-order valence-electron chi connectivity index (χ1n) is 15.6. The third-order valence-electron chi connectivity index (χ3n) is 8.49. The average molecular weight is 591 g/mol. The Morgan fingerprint density at radius 3 is 1.40 bits per heavy atom. The fraction of sp³-hybridized carbons (Fsp3) is 0.486. The van der Waals surface area contributed by atoms with Gasteiger partial charge in [-0.1, -0.05) is 27.7 Å². The minimum absolute atomic E-state index is 0.278. The maximum absolute atomic E-state index is 12.7. The van der Waals surface area contributed by atoms with Crippen molar-refractivity contribution in [2.45, 2.75) is 60.8 Å². The molecule has 0 radical (unpaired) electrons. The van der Waals surface area contributed by atoms with Gasteiger partial charge in [0.15, 0.2) is 0 Å². The summed E-state index contributed by atoms with van der Waals surface area (Å²) in [5.74, 6) is 1.29. The van der Waals surface area contributed by atoms with Crippen molar-refractivity contribution in [2.75, 3.05) is 52.5 Å². The predicted molar refractivity (Wildman–Crippen MR) is 173 cm³/mol. The molecule has 0 aliphatic heterocycles. The summed E-state index contributed by atoms with van der Waals surface area (Å²) in [6.07, 6.45) is 1.99. The fourth-order valence-corrected chi connectivity index (χ4v) is 5.57. The number of ether oxygens (including phenoxy) is 2. The second kappa shape index (κ2) is 15.2. The minimum Gasteiger partial charge on any atom is -0.493 e. The molecule has 0 saturated heterocycles. The van der Waals surface area contributed by atoms with Crippen molar-refractivity contribution in [2.24, 2.45) is 0 Å². The van der Waals surface area contributed by atoms with Crippen molar-refractivity contribution >= 4 is 21.9 Å². The van der Waals surface area contributed by atoms with Gasteiger partial charge in [0.1, 0.15) is 22.7 Å². The Kier molecular flexibility index (Phi) is 11.4. The molecule has 0 aliphatic rings. The molecule has 4 rings (SSSR count). The number of nitrogens with zero attached hydrogens (tertiary/aromatic N) is 2. The van der Waals surface area contributed by atoms with Crippen LogP contribution >= 0.6 is 0 Å². The lowest BCUT2D eigenvalue weighted by Gasteiger charge is -2.18. The Morgan fingerprint density at radius 2 is 1.02 bits per heavy atom. The first-order chi connectivity index (χ1) is 20.8. The highest BCUT2D eigenvalue weighted by molar-refractivity contribution is 5.83. The molecular weight excluding hydrogens is 544 g/mol. The smallest absolute Gasteiger partial charge is 0.339 e. The van der Waals surface area contributed by atoms with Gasteiger partial charge in [0.2, 0.25) is 0 Å². The zero-order valence-electron chi connectivity index (χ0n) is 26.6. The first kappa shape index (κ1) is 32.3. The van der Waals surface area contributed by atoms with Crippen molar-refractivity contribution in [3.63, 3.8) is 0 Å². The predicted octanol–water partition coefficient (Wildman–Crippen LogP) is 6.13. The number of likely N-dealkylation sites (N-methyl/N-ethyl adjacent to an activating group) is 2. The SMILES string of the molecule is CCN(CC)CCc1c(C)c2ccc(OCCCOc3ccc4c(C)c(CCN(CC)CC)c(=O)oc4c3)cc2oc1=O. The number of benzene rings is 2. The number of hydrogen-bond donors (Lipinski definition) is 0. The van der Waals surface area contributed by atoms with E-state index >= 15 is 0 Å². The normalized spacial score (nSPS) is 11.7. The van der Waals surface area contributed by atoms with E-state index in [1.54, 1.807) is 12.1 Å². The zero-order chi connectivity index (χ0) is 30.9. The minimum atomic E-state index is -0.278. The lowest BCUT2D eigenvalue weighted by atomic mass is 10.0. The molecule has 2 aromatic heterocycles. The highest BCUT2D eigenvalue weighted by atomic mass is 16.5. The maximum atomic E-state index is 12.7. The number of aryl methyl sites for hydroxylation is 2. The number of hydrogen-bond acceptors (Lipinski definition) is 8. The standard InChI is InChI=1S/C35H46N2O6/c1-7-36(8-2)18-16-30-24(5)28-14-12-26(22-32(28)42-34(30)38)40-20-11-21-41-27-13-15-29-25(6)31(17-19-37(9-3)10-4)35(39)43-33(29)23-27/h12-15,22-23H,7-11,16-21H2,1-6H3. The summed E-state index contributed by atoms with van der Waals surface area (Å²) in [6, 6.07) is 11.3. The van der Waals surface area contributed by atoms with Crippen LogP contribution in [0, 0.1) is 13.8 Å². The Hall–Kier alpha value is -3.62. The van der Waals surface area contributed by atoms with Crippen LogP contribution in [0.1, 0.15) is 56.4 Å². The summed E-state index contributed by atoms with van der Waals surface area (Å²) in [4.78, 5) is 30.1. The molecule has 232 valence electrons. The molecule has 0 amide bonds. The van der Waals surface area contributed by atoms with Gasteiger partial charge < -0.3 is 28.1 Å². The molecule has 8 nitrogen and oxygen atoms in total. The molecule has 0 N–H and O–H groups in total. The van der Waals surface area contributed by atoms with Gasteiger partial charge in [-0.05, 0) is 88.3 Å². The van der Waals surface area contributed by atoms with Crippen LogP contribution < -0.4 is 20.7 Å². The largest absolute Gasteiger partial charge is 0.493 e. The van der Waals surface area contributed by atoms with Crippen LogP contribution in [0.3, 0.4) is 0 Å². The van der Waals surface area contributed by atoms with Crippen molar-refractivity contribution in [1.82, 2.24) is 9.80 Å². The third-order valence-corrected chi connectivity index (χ3v) is 8.49. The van der Waals surface area contributed by atoms with Crippen molar-refractivity contribution in [3.8, 4) is 11.5 Å². The van der Waals surface area contributed by atoms with E-state index in [1.165, 1.54) is 0 Å². The molecule has 0 fully saturated rings. The Bertz CT molecular complexity index is 1510. The van der Waals surface area contributed by atoms with E-state index in [2.05, 4.69) is 37.5 Å². The summed E-state index contributed by atoms with van der Waals surface area (Å²) in [6.45, 7) is 18.8. The van der Waals surface area contributed by atoms with Gasteiger partial charge in [-0.3, -0.25) is 0 Å². The highest BCUT2D eigenvalue weighted by Gasteiger charge is 2.15. The van der Waals surface area contributed by atoms with Gasteiger partial charge in [0, 0.05) is 53.5 Å². The molecule has 2 aromatic carbocycles. The van der Waals surface area contributed by atoms with Crippen LogP contribution in [0.4, 0.5) is 0 Å². The molecule has 2 heterocycles. The van der Waals surface area contributed by atoms with E-state index in [-0.39, 0.29) is 11.3 Å². The van der Waals surface area contributed by atoms with Gasteiger partial charge in [-0.25, -0.2) is 9.59 Å². The van der Waals surface area contributed by atoms with Crippen LogP contribution in [-0.4, -0.2) is 62.3 Å². The van der Waals surface area contributed by atoms with Crippen LogP contribution in [0.5, 0.6) is 11.5 Å². The molecule has 43 heavy (non-hydrogen) atoms. The highest BCUT2D eigenvalue weighted by Crippen LogP contribution is 2.26. The topological polar surface area (TPSA) is 85.4 Å². The molecule has 8 heteroatoms. The monoisotopic (exact) mass is 590 g/mol. The summed E-state index contributed by atoms with van der Waals surface area (Å²) in [5, 5.41) is 1.86. The summed E-state index contributed by atoms with van der Waals surface area (Å²) in [5.41, 5.74) is 3.93. The van der Waals surface area contributed by atoms with E-state index in [1.807, 2.05) is 38.1 Å². The molecule has 0 spiro atoms. The van der Waals surface area contributed by atoms with Gasteiger partial charge in [0.05, 0.1) is 13.2 Å². The second-order valence-corrected chi connectivity index (χ2v) is 10.9. The van der Waals surface area contributed by atoms with Crippen LogP contribution in [0.2, 0.25) is 0 Å². The molecule has 0 atom stereocenters.